The predicted molar refractivity (Wildman–Crippen MR) is 73.7 cm³/mol. The van der Waals surface area contributed by atoms with E-state index in [-0.39, 0.29) is 0 Å². The number of benzene rings is 1. The fourth-order valence-electron chi connectivity index (χ4n) is 2.28. The van der Waals surface area contributed by atoms with Crippen molar-refractivity contribution in [1.29, 1.82) is 0 Å². The number of hydrogen-bond acceptors (Lipinski definition) is 3. The topological polar surface area (TPSA) is 35.2 Å². The molecule has 0 bridgehead atoms. The van der Waals surface area contributed by atoms with E-state index in [0.717, 1.165) is 5.75 Å². The summed E-state index contributed by atoms with van der Waals surface area (Å²) in [6.45, 7) is 0. The molecule has 0 aliphatic heterocycles. The Hall–Kier alpha value is -0.670. The molecular weight excluding hydrogens is 230 g/mol. The Bertz CT molecular complexity index is 339. The van der Waals surface area contributed by atoms with E-state index in [0.29, 0.717) is 11.3 Å². The number of thioether (sulfide) groups is 1. The summed E-state index contributed by atoms with van der Waals surface area (Å²) in [5.74, 6) is 0.916. The maximum absolute atomic E-state index is 6.24. The summed E-state index contributed by atoms with van der Waals surface area (Å²) in [5.41, 5.74) is 6.24. The van der Waals surface area contributed by atoms with Gasteiger partial charge in [-0.3, -0.25) is 0 Å². The van der Waals surface area contributed by atoms with Crippen molar-refractivity contribution in [2.45, 2.75) is 48.3 Å². The predicted octanol–water partition coefficient (Wildman–Crippen LogP) is 3.45. The smallest absolute Gasteiger partial charge is 0.118 e. The van der Waals surface area contributed by atoms with E-state index in [1.165, 1.54) is 37.0 Å². The summed E-state index contributed by atoms with van der Waals surface area (Å²) in [6, 6.07) is 8.64. The summed E-state index contributed by atoms with van der Waals surface area (Å²) >= 11 is 1.92. The zero-order valence-electron chi connectivity index (χ0n) is 10.4. The van der Waals surface area contributed by atoms with Crippen LogP contribution in [0.3, 0.4) is 0 Å². The van der Waals surface area contributed by atoms with E-state index in [4.69, 9.17) is 10.5 Å². The van der Waals surface area contributed by atoms with Gasteiger partial charge in [-0.1, -0.05) is 19.3 Å². The fraction of sp³-hybridized carbons (Fsp3) is 0.571. The molecule has 1 saturated carbocycles. The lowest BCUT2D eigenvalue weighted by Gasteiger charge is -2.20. The van der Waals surface area contributed by atoms with E-state index in [2.05, 4.69) is 12.1 Å². The van der Waals surface area contributed by atoms with Gasteiger partial charge in [0.15, 0.2) is 0 Å². The van der Waals surface area contributed by atoms with E-state index in [1.807, 2.05) is 23.9 Å². The first kappa shape index (κ1) is 12.8. The van der Waals surface area contributed by atoms with Crippen molar-refractivity contribution in [2.75, 3.05) is 7.11 Å². The van der Waals surface area contributed by atoms with Crippen LogP contribution in [0.15, 0.2) is 29.2 Å². The summed E-state index contributed by atoms with van der Waals surface area (Å²) in [6.07, 6.45) is 6.38. The van der Waals surface area contributed by atoms with Crippen molar-refractivity contribution in [3.05, 3.63) is 24.3 Å². The third-order valence-electron chi connectivity index (χ3n) is 3.35. The molecule has 3 heteroatoms. The molecule has 1 fully saturated rings. The monoisotopic (exact) mass is 251 g/mol. The van der Waals surface area contributed by atoms with Crippen LogP contribution < -0.4 is 10.5 Å². The van der Waals surface area contributed by atoms with Gasteiger partial charge in [-0.25, -0.2) is 0 Å². The van der Waals surface area contributed by atoms with Crippen LogP contribution in [-0.2, 0) is 0 Å². The molecule has 0 heterocycles. The third kappa shape index (κ3) is 3.65. The third-order valence-corrected chi connectivity index (χ3v) is 4.78. The van der Waals surface area contributed by atoms with Crippen LogP contribution in [0.25, 0.3) is 0 Å². The molecule has 94 valence electrons. The molecule has 0 spiro atoms. The van der Waals surface area contributed by atoms with Gasteiger partial charge in [-0.15, -0.1) is 11.8 Å². The highest BCUT2D eigenvalue weighted by molar-refractivity contribution is 8.00. The SMILES string of the molecule is COc1ccc(SC2CCCCCC2N)cc1. The Morgan fingerprint density at radius 3 is 2.53 bits per heavy atom. The van der Waals surface area contributed by atoms with Gasteiger partial charge in [0.05, 0.1) is 7.11 Å². The van der Waals surface area contributed by atoms with E-state index in [1.54, 1.807) is 7.11 Å². The standard InChI is InChI=1S/C14H21NOS/c1-16-11-7-9-12(10-8-11)17-14-6-4-2-3-5-13(14)15/h7-10,13-14H,2-6,15H2,1H3. The maximum Gasteiger partial charge on any atom is 0.118 e. The average molecular weight is 251 g/mol. The van der Waals surface area contributed by atoms with Crippen molar-refractivity contribution in [1.82, 2.24) is 0 Å². The zero-order chi connectivity index (χ0) is 12.1. The largest absolute Gasteiger partial charge is 0.497 e. The Balaban J connectivity index is 1.98. The Labute approximate surface area is 108 Å². The zero-order valence-corrected chi connectivity index (χ0v) is 11.2. The summed E-state index contributed by atoms with van der Waals surface area (Å²) in [5, 5.41) is 0.575. The second-order valence-corrected chi connectivity index (χ2v) is 5.95. The van der Waals surface area contributed by atoms with Crippen molar-refractivity contribution < 1.29 is 4.74 Å². The average Bonchev–Trinajstić information content (AvgIpc) is 2.56. The highest BCUT2D eigenvalue weighted by Crippen LogP contribution is 2.32. The van der Waals surface area contributed by atoms with Gasteiger partial charge in [-0.05, 0) is 37.1 Å². The Morgan fingerprint density at radius 2 is 1.82 bits per heavy atom. The molecule has 2 N–H and O–H groups in total. The first-order chi connectivity index (χ1) is 8.29. The Morgan fingerprint density at radius 1 is 1.12 bits per heavy atom. The van der Waals surface area contributed by atoms with Crippen LogP contribution in [0.5, 0.6) is 5.75 Å². The molecular formula is C14H21NOS. The molecule has 2 unspecified atom stereocenters. The van der Waals surface area contributed by atoms with Gasteiger partial charge in [0.1, 0.15) is 5.75 Å². The van der Waals surface area contributed by atoms with Gasteiger partial charge in [0.25, 0.3) is 0 Å². The lowest BCUT2D eigenvalue weighted by atomic mass is 10.1. The first-order valence-corrected chi connectivity index (χ1v) is 7.24. The lowest BCUT2D eigenvalue weighted by Crippen LogP contribution is -2.31. The van der Waals surface area contributed by atoms with Crippen LogP contribution in [-0.4, -0.2) is 18.4 Å². The van der Waals surface area contributed by atoms with Crippen LogP contribution in [0.2, 0.25) is 0 Å². The van der Waals surface area contributed by atoms with Gasteiger partial charge in [0, 0.05) is 16.2 Å². The van der Waals surface area contributed by atoms with Gasteiger partial charge in [0.2, 0.25) is 0 Å². The molecule has 0 radical (unpaired) electrons. The number of ether oxygens (including phenoxy) is 1. The van der Waals surface area contributed by atoms with Gasteiger partial charge >= 0.3 is 0 Å². The second-order valence-electron chi connectivity index (χ2n) is 4.63. The molecule has 1 aromatic rings. The normalized spacial score (nSPS) is 25.3. The first-order valence-electron chi connectivity index (χ1n) is 6.36. The molecule has 2 nitrogen and oxygen atoms in total. The molecule has 0 amide bonds. The number of rotatable bonds is 3. The van der Waals surface area contributed by atoms with Crippen LogP contribution in [0, 0.1) is 0 Å². The van der Waals surface area contributed by atoms with Crippen LogP contribution in [0.1, 0.15) is 32.1 Å². The van der Waals surface area contributed by atoms with Crippen molar-refractivity contribution in [3.8, 4) is 5.75 Å². The molecule has 2 atom stereocenters. The van der Waals surface area contributed by atoms with E-state index < -0.39 is 0 Å². The summed E-state index contributed by atoms with van der Waals surface area (Å²) in [7, 11) is 1.70. The highest BCUT2D eigenvalue weighted by atomic mass is 32.2. The molecule has 1 aromatic carbocycles. The minimum Gasteiger partial charge on any atom is -0.497 e. The lowest BCUT2D eigenvalue weighted by molar-refractivity contribution is 0.414. The van der Waals surface area contributed by atoms with E-state index in [9.17, 15) is 0 Å². The molecule has 1 aliphatic rings. The molecule has 17 heavy (non-hydrogen) atoms. The van der Waals surface area contributed by atoms with Crippen LogP contribution >= 0.6 is 11.8 Å². The molecule has 0 saturated heterocycles. The Kier molecular flexibility index (Phi) is 4.75. The highest BCUT2D eigenvalue weighted by Gasteiger charge is 2.21. The fourth-order valence-corrected chi connectivity index (χ4v) is 3.52. The summed E-state index contributed by atoms with van der Waals surface area (Å²) < 4.78 is 5.17. The second kappa shape index (κ2) is 6.31. The summed E-state index contributed by atoms with van der Waals surface area (Å²) in [4.78, 5) is 1.30. The quantitative estimate of drug-likeness (QED) is 0.836. The minimum atomic E-state index is 0.351. The molecule has 0 aromatic heterocycles. The number of methoxy groups -OCH3 is 1. The molecule has 1 aliphatic carbocycles. The van der Waals surface area contributed by atoms with E-state index >= 15 is 0 Å². The molecule has 2 rings (SSSR count). The van der Waals surface area contributed by atoms with Gasteiger partial charge in [-0.2, -0.15) is 0 Å². The minimum absolute atomic E-state index is 0.351. The number of hydrogen-bond donors (Lipinski definition) is 1. The van der Waals surface area contributed by atoms with Crippen molar-refractivity contribution in [2.24, 2.45) is 5.73 Å². The van der Waals surface area contributed by atoms with Crippen LogP contribution in [0.4, 0.5) is 0 Å². The number of nitrogens with two attached hydrogens (primary N) is 1. The maximum atomic E-state index is 6.24. The van der Waals surface area contributed by atoms with Crippen molar-refractivity contribution >= 4 is 11.8 Å². The van der Waals surface area contributed by atoms with Crippen molar-refractivity contribution in [3.63, 3.8) is 0 Å². The van der Waals surface area contributed by atoms with Gasteiger partial charge < -0.3 is 10.5 Å².